The van der Waals surface area contributed by atoms with Crippen LogP contribution in [0.2, 0.25) is 5.02 Å². The average molecular weight is 414 g/mol. The molecule has 0 amide bonds. The van der Waals surface area contributed by atoms with Crippen LogP contribution < -0.4 is 10.2 Å². The molecule has 29 heavy (non-hydrogen) atoms. The maximum atomic E-state index is 12.0. The Balaban J connectivity index is 2.03. The lowest BCUT2D eigenvalue weighted by atomic mass is 9.85. The summed E-state index contributed by atoms with van der Waals surface area (Å²) in [4.78, 5) is 18.1. The number of nitro groups is 1. The molecule has 1 fully saturated rings. The molecule has 0 radical (unpaired) electrons. The van der Waals surface area contributed by atoms with Gasteiger partial charge in [-0.3, -0.25) is 10.1 Å². The molecule has 7 nitrogen and oxygen atoms in total. The molecular weight excluding hydrogens is 390 g/mol. The minimum Gasteiger partial charge on any atom is -0.366 e. The smallest absolute Gasteiger partial charge is 0.334 e. The van der Waals surface area contributed by atoms with E-state index in [1.165, 1.54) is 25.3 Å². The molecule has 1 heterocycles. The van der Waals surface area contributed by atoms with Crippen molar-refractivity contribution in [3.05, 3.63) is 50.7 Å². The van der Waals surface area contributed by atoms with E-state index in [4.69, 9.17) is 16.9 Å². The zero-order chi connectivity index (χ0) is 21.0. The van der Waals surface area contributed by atoms with Crippen molar-refractivity contribution < 1.29 is 4.92 Å². The molecule has 0 atom stereocenters. The van der Waals surface area contributed by atoms with Crippen molar-refractivity contribution in [3.8, 4) is 6.07 Å². The van der Waals surface area contributed by atoms with Crippen LogP contribution in [-0.4, -0.2) is 23.0 Å². The number of anilines is 3. The lowest BCUT2D eigenvalue weighted by molar-refractivity contribution is -0.383. The van der Waals surface area contributed by atoms with Crippen LogP contribution in [0.4, 0.5) is 22.9 Å². The van der Waals surface area contributed by atoms with E-state index in [9.17, 15) is 10.1 Å². The molecule has 1 N–H and O–H groups in total. The molecule has 1 aliphatic carbocycles. The first-order valence-corrected chi connectivity index (χ1v) is 10.2. The highest BCUT2D eigenvalue weighted by atomic mass is 35.5. The monoisotopic (exact) mass is 413 g/mol. The van der Waals surface area contributed by atoms with Gasteiger partial charge in [0.25, 0.3) is 0 Å². The van der Waals surface area contributed by atoms with E-state index in [1.807, 2.05) is 13.0 Å². The number of nitrogens with one attached hydrogen (secondary N) is 1. The summed E-state index contributed by atoms with van der Waals surface area (Å²) in [5, 5.41) is 24.4. The average Bonchev–Trinajstić information content (AvgIpc) is 2.64. The van der Waals surface area contributed by atoms with Crippen molar-refractivity contribution in [2.45, 2.75) is 39.5 Å². The first-order chi connectivity index (χ1) is 13.9. The molecule has 152 valence electrons. The second-order valence-corrected chi connectivity index (χ2v) is 7.82. The van der Waals surface area contributed by atoms with Crippen LogP contribution in [0.25, 0.3) is 0 Å². The third-order valence-electron chi connectivity index (χ3n) is 5.17. The number of halogens is 1. The predicted molar refractivity (Wildman–Crippen MR) is 115 cm³/mol. The van der Waals surface area contributed by atoms with Gasteiger partial charge in [0.2, 0.25) is 5.82 Å². The van der Waals surface area contributed by atoms with Crippen molar-refractivity contribution in [2.24, 2.45) is 5.92 Å². The fourth-order valence-electron chi connectivity index (χ4n) is 3.54. The minimum atomic E-state index is -0.384. The van der Waals surface area contributed by atoms with Crippen molar-refractivity contribution in [2.75, 3.05) is 23.3 Å². The molecule has 1 aromatic heterocycles. The Labute approximate surface area is 175 Å². The number of nitrogens with zero attached hydrogens (tertiary/aromatic N) is 4. The van der Waals surface area contributed by atoms with Gasteiger partial charge >= 0.3 is 5.69 Å². The van der Waals surface area contributed by atoms with Crippen LogP contribution in [0.1, 0.15) is 43.9 Å². The lowest BCUT2D eigenvalue weighted by Crippen LogP contribution is -2.33. The Morgan fingerprint density at radius 3 is 2.72 bits per heavy atom. The third kappa shape index (κ3) is 4.77. The number of aryl methyl sites for hydroxylation is 1. The van der Waals surface area contributed by atoms with Gasteiger partial charge in [0.15, 0.2) is 0 Å². The van der Waals surface area contributed by atoms with Crippen molar-refractivity contribution in [1.29, 1.82) is 5.26 Å². The van der Waals surface area contributed by atoms with Gasteiger partial charge in [-0.2, -0.15) is 5.26 Å². The molecule has 1 saturated carbocycles. The molecule has 3 rings (SSSR count). The number of aromatic nitrogens is 1. The summed E-state index contributed by atoms with van der Waals surface area (Å²) in [5.74, 6) is 0.741. The standard InChI is InChI=1S/C21H24ClN5O2/c1-3-9-26(13-15-5-4-6-15)19-10-14(2)24-21(20(19)27(28)29)25-18-8-7-16(12-23)11-17(18)22/h7-8,10-11,15H,3-6,9,13H2,1-2H3,(H,24,25). The largest absolute Gasteiger partial charge is 0.366 e. The van der Waals surface area contributed by atoms with Crippen molar-refractivity contribution >= 4 is 34.5 Å². The van der Waals surface area contributed by atoms with E-state index in [-0.39, 0.29) is 16.4 Å². The number of benzene rings is 1. The van der Waals surface area contributed by atoms with E-state index in [0.717, 1.165) is 19.5 Å². The van der Waals surface area contributed by atoms with Gasteiger partial charge in [-0.25, -0.2) is 4.98 Å². The van der Waals surface area contributed by atoms with Crippen molar-refractivity contribution in [1.82, 2.24) is 4.98 Å². The highest BCUT2D eigenvalue weighted by Crippen LogP contribution is 2.39. The summed E-state index contributed by atoms with van der Waals surface area (Å²) in [5.41, 5.74) is 2.11. The fourth-order valence-corrected chi connectivity index (χ4v) is 3.77. The molecule has 0 spiro atoms. The summed E-state index contributed by atoms with van der Waals surface area (Å²) < 4.78 is 0. The lowest BCUT2D eigenvalue weighted by Gasteiger charge is -2.33. The maximum Gasteiger partial charge on any atom is 0.334 e. The second-order valence-electron chi connectivity index (χ2n) is 7.41. The van der Waals surface area contributed by atoms with Gasteiger partial charge in [0.05, 0.1) is 27.3 Å². The summed E-state index contributed by atoms with van der Waals surface area (Å²) in [6.45, 7) is 5.46. The molecule has 1 aromatic carbocycles. The highest BCUT2D eigenvalue weighted by Gasteiger charge is 2.29. The molecule has 0 bridgehead atoms. The minimum absolute atomic E-state index is 0.0520. The van der Waals surface area contributed by atoms with Crippen LogP contribution in [0, 0.1) is 34.3 Å². The Bertz CT molecular complexity index is 953. The molecule has 1 aliphatic rings. The summed E-state index contributed by atoms with van der Waals surface area (Å²) in [7, 11) is 0. The molecule has 0 saturated heterocycles. The molecule has 0 aliphatic heterocycles. The van der Waals surface area contributed by atoms with E-state index in [0.29, 0.717) is 33.6 Å². The summed E-state index contributed by atoms with van der Waals surface area (Å²) in [6.07, 6.45) is 4.47. The normalized spacial score (nSPS) is 13.4. The summed E-state index contributed by atoms with van der Waals surface area (Å²) in [6, 6.07) is 8.57. The van der Waals surface area contributed by atoms with Gasteiger partial charge in [-0.15, -0.1) is 0 Å². The van der Waals surface area contributed by atoms with Gasteiger partial charge in [-0.05, 0) is 56.4 Å². The number of hydrogen-bond acceptors (Lipinski definition) is 6. The zero-order valence-electron chi connectivity index (χ0n) is 16.6. The Morgan fingerprint density at radius 1 is 1.41 bits per heavy atom. The van der Waals surface area contributed by atoms with Crippen LogP contribution in [-0.2, 0) is 0 Å². The zero-order valence-corrected chi connectivity index (χ0v) is 17.4. The number of pyridine rings is 1. The number of nitriles is 1. The SMILES string of the molecule is CCCN(CC1CCC1)c1cc(C)nc(Nc2ccc(C#N)cc2Cl)c1[N+](=O)[O-]. The third-order valence-corrected chi connectivity index (χ3v) is 5.48. The van der Waals surface area contributed by atoms with E-state index in [2.05, 4.69) is 22.1 Å². The van der Waals surface area contributed by atoms with Crippen LogP contribution in [0.15, 0.2) is 24.3 Å². The summed E-state index contributed by atoms with van der Waals surface area (Å²) >= 11 is 6.26. The predicted octanol–water partition coefficient (Wildman–Crippen LogP) is 5.58. The first-order valence-electron chi connectivity index (χ1n) is 9.80. The van der Waals surface area contributed by atoms with E-state index in [1.54, 1.807) is 18.2 Å². The van der Waals surface area contributed by atoms with Gasteiger partial charge in [0, 0.05) is 18.8 Å². The fraction of sp³-hybridized carbons (Fsp3) is 0.429. The van der Waals surface area contributed by atoms with E-state index >= 15 is 0 Å². The maximum absolute atomic E-state index is 12.0. The van der Waals surface area contributed by atoms with Gasteiger partial charge in [-0.1, -0.05) is 24.9 Å². The quantitative estimate of drug-likeness (QED) is 0.448. The second kappa shape index (κ2) is 9.10. The Morgan fingerprint density at radius 2 is 2.17 bits per heavy atom. The van der Waals surface area contributed by atoms with Crippen LogP contribution in [0.3, 0.4) is 0 Å². The Hall–Kier alpha value is -2.85. The molecule has 2 aromatic rings. The van der Waals surface area contributed by atoms with Crippen molar-refractivity contribution in [3.63, 3.8) is 0 Å². The van der Waals surface area contributed by atoms with Gasteiger partial charge < -0.3 is 10.2 Å². The first kappa shape index (κ1) is 20.9. The molecule has 0 unspecified atom stereocenters. The van der Waals surface area contributed by atoms with Crippen LogP contribution in [0.5, 0.6) is 0 Å². The number of rotatable bonds is 8. The van der Waals surface area contributed by atoms with Crippen LogP contribution >= 0.6 is 11.6 Å². The Kier molecular flexibility index (Phi) is 6.55. The highest BCUT2D eigenvalue weighted by molar-refractivity contribution is 6.33. The topological polar surface area (TPSA) is 95.1 Å². The number of hydrogen-bond donors (Lipinski definition) is 1. The van der Waals surface area contributed by atoms with E-state index < -0.39 is 0 Å². The molecular formula is C21H24ClN5O2. The molecule has 8 heteroatoms. The van der Waals surface area contributed by atoms with Gasteiger partial charge in [0.1, 0.15) is 5.69 Å².